The molecule has 0 aliphatic heterocycles. The first-order valence-corrected chi connectivity index (χ1v) is 6.19. The van der Waals surface area contributed by atoms with Crippen molar-refractivity contribution in [2.24, 2.45) is 0 Å². The van der Waals surface area contributed by atoms with Crippen molar-refractivity contribution in [1.82, 2.24) is 0 Å². The van der Waals surface area contributed by atoms with Crippen molar-refractivity contribution in [2.75, 3.05) is 17.7 Å². The molecule has 0 spiro atoms. The number of rotatable bonds is 3. The summed E-state index contributed by atoms with van der Waals surface area (Å²) >= 11 is 0. The van der Waals surface area contributed by atoms with Crippen molar-refractivity contribution in [3.05, 3.63) is 59.2 Å². The molecule has 0 radical (unpaired) electrons. The lowest BCUT2D eigenvalue weighted by atomic mass is 10.1. The van der Waals surface area contributed by atoms with Crippen molar-refractivity contribution in [3.8, 4) is 0 Å². The van der Waals surface area contributed by atoms with Gasteiger partial charge in [-0.1, -0.05) is 30.3 Å². The Hall–Kier alpha value is -1.96. The minimum atomic E-state index is 0.844. The van der Waals surface area contributed by atoms with Gasteiger partial charge < -0.3 is 10.6 Å². The maximum atomic E-state index is 6.10. The Kier molecular flexibility index (Phi) is 3.56. The largest absolute Gasteiger partial charge is 0.397 e. The third kappa shape index (κ3) is 2.65. The van der Waals surface area contributed by atoms with E-state index in [0.717, 1.165) is 17.9 Å². The number of aryl methyl sites for hydroxylation is 2. The smallest absolute Gasteiger partial charge is 0.0603 e. The molecule has 0 aliphatic carbocycles. The molecular weight excluding hydrogens is 220 g/mol. The summed E-state index contributed by atoms with van der Waals surface area (Å²) in [6.07, 6.45) is 0. The molecule has 0 fully saturated rings. The predicted molar refractivity (Wildman–Crippen MR) is 78.9 cm³/mol. The van der Waals surface area contributed by atoms with Crippen LogP contribution in [0.5, 0.6) is 0 Å². The average molecular weight is 240 g/mol. The zero-order valence-electron chi connectivity index (χ0n) is 11.3. The van der Waals surface area contributed by atoms with Crippen LogP contribution in [0.25, 0.3) is 0 Å². The topological polar surface area (TPSA) is 29.3 Å². The molecule has 0 bridgehead atoms. The average Bonchev–Trinajstić information content (AvgIpc) is 2.35. The minimum Gasteiger partial charge on any atom is -0.397 e. The highest BCUT2D eigenvalue weighted by Crippen LogP contribution is 2.27. The Balaban J connectivity index is 2.24. The molecule has 0 saturated carbocycles. The minimum absolute atomic E-state index is 0.844. The summed E-state index contributed by atoms with van der Waals surface area (Å²) in [6, 6.07) is 14.6. The molecule has 2 aromatic carbocycles. The van der Waals surface area contributed by atoms with Crippen LogP contribution in [-0.4, -0.2) is 7.05 Å². The van der Waals surface area contributed by atoms with E-state index in [1.54, 1.807) is 0 Å². The lowest BCUT2D eigenvalue weighted by molar-refractivity contribution is 0.923. The van der Waals surface area contributed by atoms with Gasteiger partial charge in [-0.2, -0.15) is 0 Å². The van der Waals surface area contributed by atoms with E-state index in [9.17, 15) is 0 Å². The molecule has 2 heteroatoms. The van der Waals surface area contributed by atoms with E-state index in [0.29, 0.717) is 0 Å². The van der Waals surface area contributed by atoms with Crippen LogP contribution >= 0.6 is 0 Å². The molecule has 18 heavy (non-hydrogen) atoms. The highest BCUT2D eigenvalue weighted by atomic mass is 15.1. The van der Waals surface area contributed by atoms with E-state index in [-0.39, 0.29) is 0 Å². The van der Waals surface area contributed by atoms with E-state index in [1.807, 2.05) is 12.1 Å². The molecule has 0 atom stereocenters. The van der Waals surface area contributed by atoms with Crippen molar-refractivity contribution in [2.45, 2.75) is 20.4 Å². The number of anilines is 2. The first kappa shape index (κ1) is 12.5. The summed E-state index contributed by atoms with van der Waals surface area (Å²) in [5.41, 5.74) is 11.9. The van der Waals surface area contributed by atoms with Gasteiger partial charge in [0, 0.05) is 13.6 Å². The van der Waals surface area contributed by atoms with Crippen LogP contribution in [0.15, 0.2) is 42.5 Å². The summed E-state index contributed by atoms with van der Waals surface area (Å²) in [5, 5.41) is 0. The Labute approximate surface area is 109 Å². The molecule has 2 aromatic rings. The van der Waals surface area contributed by atoms with E-state index < -0.39 is 0 Å². The Morgan fingerprint density at radius 1 is 1.00 bits per heavy atom. The fraction of sp³-hybridized carbons (Fsp3) is 0.250. The second kappa shape index (κ2) is 5.13. The second-order valence-electron chi connectivity index (χ2n) is 4.84. The van der Waals surface area contributed by atoms with Crippen LogP contribution < -0.4 is 10.6 Å². The molecule has 2 nitrogen and oxygen atoms in total. The van der Waals surface area contributed by atoms with Crippen molar-refractivity contribution < 1.29 is 0 Å². The number of nitrogen functional groups attached to an aromatic ring is 1. The van der Waals surface area contributed by atoms with Crippen LogP contribution in [0.3, 0.4) is 0 Å². The maximum Gasteiger partial charge on any atom is 0.0603 e. The third-order valence-electron chi connectivity index (χ3n) is 3.32. The normalized spacial score (nSPS) is 10.4. The monoisotopic (exact) mass is 240 g/mol. The summed E-state index contributed by atoms with van der Waals surface area (Å²) in [4.78, 5) is 2.19. The molecule has 0 aliphatic rings. The van der Waals surface area contributed by atoms with Gasteiger partial charge in [0.1, 0.15) is 0 Å². The first-order valence-electron chi connectivity index (χ1n) is 6.19. The molecule has 2 N–H and O–H groups in total. The number of hydrogen-bond acceptors (Lipinski definition) is 2. The molecule has 0 saturated heterocycles. The number of nitrogens with two attached hydrogens (primary N) is 1. The fourth-order valence-electron chi connectivity index (χ4n) is 2.10. The predicted octanol–water partition coefficient (Wildman–Crippen LogP) is 3.52. The van der Waals surface area contributed by atoms with Crippen LogP contribution in [0.1, 0.15) is 16.7 Å². The molecule has 0 amide bonds. The summed E-state index contributed by atoms with van der Waals surface area (Å²) in [5.74, 6) is 0. The van der Waals surface area contributed by atoms with Crippen LogP contribution in [0, 0.1) is 13.8 Å². The van der Waals surface area contributed by atoms with Crippen molar-refractivity contribution >= 4 is 11.4 Å². The number of hydrogen-bond donors (Lipinski definition) is 1. The van der Waals surface area contributed by atoms with Gasteiger partial charge in [-0.3, -0.25) is 0 Å². The maximum absolute atomic E-state index is 6.10. The summed E-state index contributed by atoms with van der Waals surface area (Å²) in [6.45, 7) is 5.08. The van der Waals surface area contributed by atoms with Gasteiger partial charge in [0.25, 0.3) is 0 Å². The lowest BCUT2D eigenvalue weighted by Gasteiger charge is -2.22. The first-order chi connectivity index (χ1) is 8.58. The van der Waals surface area contributed by atoms with E-state index in [4.69, 9.17) is 5.73 Å². The van der Waals surface area contributed by atoms with Gasteiger partial charge in [0.2, 0.25) is 0 Å². The second-order valence-corrected chi connectivity index (χ2v) is 4.84. The zero-order chi connectivity index (χ0) is 13.1. The summed E-state index contributed by atoms with van der Waals surface area (Å²) in [7, 11) is 2.08. The van der Waals surface area contributed by atoms with Gasteiger partial charge in [-0.25, -0.2) is 0 Å². The van der Waals surface area contributed by atoms with E-state index in [2.05, 4.69) is 56.1 Å². The standard InChI is InChI=1S/C16H20N2/c1-12-9-15(17)16(10-13(12)2)18(3)11-14-7-5-4-6-8-14/h4-10H,11,17H2,1-3H3. The zero-order valence-corrected chi connectivity index (χ0v) is 11.3. The quantitative estimate of drug-likeness (QED) is 0.832. The van der Waals surface area contributed by atoms with Crippen LogP contribution in [-0.2, 0) is 6.54 Å². The highest BCUT2D eigenvalue weighted by molar-refractivity contribution is 5.69. The molecule has 2 rings (SSSR count). The Bertz CT molecular complexity index is 532. The van der Waals surface area contributed by atoms with Crippen LogP contribution in [0.4, 0.5) is 11.4 Å². The summed E-state index contributed by atoms with van der Waals surface area (Å²) < 4.78 is 0. The van der Waals surface area contributed by atoms with Crippen molar-refractivity contribution in [3.63, 3.8) is 0 Å². The van der Waals surface area contributed by atoms with Gasteiger partial charge >= 0.3 is 0 Å². The molecule has 0 aromatic heterocycles. The van der Waals surface area contributed by atoms with Gasteiger partial charge in [-0.15, -0.1) is 0 Å². The SMILES string of the molecule is Cc1cc(N)c(N(C)Cc2ccccc2)cc1C. The van der Waals surface area contributed by atoms with E-state index in [1.165, 1.54) is 16.7 Å². The van der Waals surface area contributed by atoms with Crippen molar-refractivity contribution in [1.29, 1.82) is 0 Å². The van der Waals surface area contributed by atoms with E-state index >= 15 is 0 Å². The highest BCUT2D eigenvalue weighted by Gasteiger charge is 2.07. The van der Waals surface area contributed by atoms with Gasteiger partial charge in [0.05, 0.1) is 11.4 Å². The van der Waals surface area contributed by atoms with Crippen LogP contribution in [0.2, 0.25) is 0 Å². The van der Waals surface area contributed by atoms with Gasteiger partial charge in [0.15, 0.2) is 0 Å². The third-order valence-corrected chi connectivity index (χ3v) is 3.32. The molecule has 94 valence electrons. The fourth-order valence-corrected chi connectivity index (χ4v) is 2.10. The van der Waals surface area contributed by atoms with Gasteiger partial charge in [-0.05, 0) is 42.7 Å². The molecular formula is C16H20N2. The molecule has 0 unspecified atom stereocenters. The molecule has 0 heterocycles. The Morgan fingerprint density at radius 2 is 1.61 bits per heavy atom. The lowest BCUT2D eigenvalue weighted by Crippen LogP contribution is -2.18. The number of nitrogens with zero attached hydrogens (tertiary/aromatic N) is 1. The Morgan fingerprint density at radius 3 is 2.28 bits per heavy atom. The number of benzene rings is 2.